The van der Waals surface area contributed by atoms with E-state index in [-0.39, 0.29) is 6.10 Å². The maximum absolute atomic E-state index is 5.73. The molecule has 0 saturated carbocycles. The second-order valence-electron chi connectivity index (χ2n) is 4.31. The number of ether oxygens (including phenoxy) is 1. The number of nitrogens with two attached hydrogens (primary N) is 1. The number of methoxy groups -OCH3 is 1. The van der Waals surface area contributed by atoms with Gasteiger partial charge in [0.15, 0.2) is 0 Å². The minimum atomic E-state index is 0.153. The Balaban J connectivity index is 2.34. The molecule has 0 aliphatic heterocycles. The van der Waals surface area contributed by atoms with E-state index >= 15 is 0 Å². The van der Waals surface area contributed by atoms with Crippen molar-refractivity contribution in [1.82, 2.24) is 4.98 Å². The van der Waals surface area contributed by atoms with E-state index in [9.17, 15) is 0 Å². The highest BCUT2D eigenvalue weighted by Crippen LogP contribution is 2.24. The number of hydrogen-bond acceptors (Lipinski definition) is 4. The molecule has 4 heteroatoms. The molecule has 1 heterocycles. The monoisotopic (exact) mass is 245 g/mol. The van der Waals surface area contributed by atoms with Gasteiger partial charge < -0.3 is 15.8 Å². The fraction of sp³-hybridized carbons (Fsp3) is 0.357. The molecule has 2 rings (SSSR count). The van der Waals surface area contributed by atoms with Crippen LogP contribution in [0.4, 0.5) is 5.82 Å². The highest BCUT2D eigenvalue weighted by Gasteiger charge is 2.07. The number of rotatable bonds is 5. The van der Waals surface area contributed by atoms with Gasteiger partial charge in [-0.05, 0) is 17.9 Å². The molecule has 1 aromatic heterocycles. The van der Waals surface area contributed by atoms with Crippen molar-refractivity contribution in [2.45, 2.75) is 19.6 Å². The molecule has 0 saturated heterocycles. The standard InChI is InChI=1S/C14H19N3O/c1-10(18-2)8-16-14-13-6-4-3-5-12(13)11(7-15)9-17-14/h3-6,9-10H,7-8,15H2,1-2H3,(H,16,17). The van der Waals surface area contributed by atoms with Crippen molar-refractivity contribution in [3.8, 4) is 0 Å². The third kappa shape index (κ3) is 2.60. The van der Waals surface area contributed by atoms with Gasteiger partial charge in [0.1, 0.15) is 5.82 Å². The summed E-state index contributed by atoms with van der Waals surface area (Å²) in [6, 6.07) is 8.16. The predicted molar refractivity (Wildman–Crippen MR) is 74.6 cm³/mol. The van der Waals surface area contributed by atoms with Crippen LogP contribution in [-0.4, -0.2) is 24.7 Å². The van der Waals surface area contributed by atoms with Crippen LogP contribution < -0.4 is 11.1 Å². The topological polar surface area (TPSA) is 60.2 Å². The number of benzene rings is 1. The van der Waals surface area contributed by atoms with Crippen molar-refractivity contribution in [2.75, 3.05) is 19.0 Å². The van der Waals surface area contributed by atoms with Crippen molar-refractivity contribution in [2.24, 2.45) is 5.73 Å². The van der Waals surface area contributed by atoms with Crippen LogP contribution in [-0.2, 0) is 11.3 Å². The van der Waals surface area contributed by atoms with E-state index < -0.39 is 0 Å². The minimum absolute atomic E-state index is 0.153. The SMILES string of the molecule is COC(C)CNc1ncc(CN)c2ccccc12. The van der Waals surface area contributed by atoms with Crippen molar-refractivity contribution in [1.29, 1.82) is 0 Å². The van der Waals surface area contributed by atoms with Crippen molar-refractivity contribution in [3.63, 3.8) is 0 Å². The summed E-state index contributed by atoms with van der Waals surface area (Å²) in [7, 11) is 1.70. The Morgan fingerprint density at radius 1 is 1.33 bits per heavy atom. The van der Waals surface area contributed by atoms with Gasteiger partial charge in [0.2, 0.25) is 0 Å². The summed E-state index contributed by atoms with van der Waals surface area (Å²) in [6.07, 6.45) is 1.99. The molecule has 0 amide bonds. The van der Waals surface area contributed by atoms with Crippen LogP contribution in [0.5, 0.6) is 0 Å². The fourth-order valence-corrected chi connectivity index (χ4v) is 1.88. The van der Waals surface area contributed by atoms with Gasteiger partial charge in [-0.25, -0.2) is 4.98 Å². The largest absolute Gasteiger partial charge is 0.380 e. The average molecular weight is 245 g/mol. The molecule has 18 heavy (non-hydrogen) atoms. The lowest BCUT2D eigenvalue weighted by molar-refractivity contribution is 0.128. The van der Waals surface area contributed by atoms with Gasteiger partial charge in [-0.2, -0.15) is 0 Å². The second kappa shape index (κ2) is 5.80. The Morgan fingerprint density at radius 2 is 2.06 bits per heavy atom. The van der Waals surface area contributed by atoms with Gasteiger partial charge in [0, 0.05) is 31.8 Å². The van der Waals surface area contributed by atoms with E-state index in [1.165, 1.54) is 0 Å². The molecule has 0 fully saturated rings. The summed E-state index contributed by atoms with van der Waals surface area (Å²) in [5, 5.41) is 5.57. The first kappa shape index (κ1) is 12.8. The van der Waals surface area contributed by atoms with Gasteiger partial charge in [0.05, 0.1) is 6.10 Å². The number of pyridine rings is 1. The summed E-state index contributed by atoms with van der Waals surface area (Å²) < 4.78 is 5.22. The molecule has 0 aliphatic carbocycles. The van der Waals surface area contributed by atoms with Gasteiger partial charge >= 0.3 is 0 Å². The van der Waals surface area contributed by atoms with Gasteiger partial charge in [-0.3, -0.25) is 0 Å². The van der Waals surface area contributed by atoms with Crippen molar-refractivity contribution < 1.29 is 4.74 Å². The summed E-state index contributed by atoms with van der Waals surface area (Å²) in [4.78, 5) is 4.44. The Labute approximate surface area is 107 Å². The van der Waals surface area contributed by atoms with E-state index in [0.717, 1.165) is 28.7 Å². The molecule has 1 unspecified atom stereocenters. The van der Waals surface area contributed by atoms with Crippen molar-refractivity contribution >= 4 is 16.6 Å². The van der Waals surface area contributed by atoms with Crippen molar-refractivity contribution in [3.05, 3.63) is 36.0 Å². The zero-order valence-corrected chi connectivity index (χ0v) is 10.8. The van der Waals surface area contributed by atoms with Crippen LogP contribution in [0.15, 0.2) is 30.5 Å². The van der Waals surface area contributed by atoms with E-state index in [1.807, 2.05) is 25.3 Å². The predicted octanol–water partition coefficient (Wildman–Crippen LogP) is 2.14. The van der Waals surface area contributed by atoms with Crippen LogP contribution in [0.2, 0.25) is 0 Å². The van der Waals surface area contributed by atoms with E-state index in [4.69, 9.17) is 10.5 Å². The summed E-state index contributed by atoms with van der Waals surface area (Å²) >= 11 is 0. The molecule has 96 valence electrons. The van der Waals surface area contributed by atoms with E-state index in [2.05, 4.69) is 22.4 Å². The number of nitrogens with one attached hydrogen (secondary N) is 1. The molecule has 4 nitrogen and oxygen atoms in total. The summed E-state index contributed by atoms with van der Waals surface area (Å²) in [5.41, 5.74) is 6.79. The van der Waals surface area contributed by atoms with Gasteiger partial charge in [0.25, 0.3) is 0 Å². The Morgan fingerprint density at radius 3 is 2.72 bits per heavy atom. The normalized spacial score (nSPS) is 12.6. The van der Waals surface area contributed by atoms with Crippen LogP contribution in [0, 0.1) is 0 Å². The average Bonchev–Trinajstić information content (AvgIpc) is 2.44. The smallest absolute Gasteiger partial charge is 0.133 e. The fourth-order valence-electron chi connectivity index (χ4n) is 1.88. The zero-order valence-electron chi connectivity index (χ0n) is 10.8. The number of fused-ring (bicyclic) bond motifs is 1. The number of aromatic nitrogens is 1. The quantitative estimate of drug-likeness (QED) is 0.847. The van der Waals surface area contributed by atoms with Crippen LogP contribution in [0.25, 0.3) is 10.8 Å². The third-order valence-electron chi connectivity index (χ3n) is 3.06. The van der Waals surface area contributed by atoms with Gasteiger partial charge in [-0.1, -0.05) is 24.3 Å². The molecule has 0 aliphatic rings. The number of hydrogen-bond donors (Lipinski definition) is 2. The molecule has 0 radical (unpaired) electrons. The third-order valence-corrected chi connectivity index (χ3v) is 3.06. The zero-order chi connectivity index (χ0) is 13.0. The van der Waals surface area contributed by atoms with E-state index in [1.54, 1.807) is 7.11 Å². The highest BCUT2D eigenvalue weighted by atomic mass is 16.5. The van der Waals surface area contributed by atoms with Gasteiger partial charge in [-0.15, -0.1) is 0 Å². The first-order valence-electron chi connectivity index (χ1n) is 6.09. The maximum atomic E-state index is 5.73. The lowest BCUT2D eigenvalue weighted by Crippen LogP contribution is -2.19. The molecule has 2 aromatic rings. The van der Waals surface area contributed by atoms with E-state index in [0.29, 0.717) is 6.54 Å². The number of anilines is 1. The molecule has 3 N–H and O–H groups in total. The number of nitrogens with zero attached hydrogens (tertiary/aromatic N) is 1. The summed E-state index contributed by atoms with van der Waals surface area (Å²) in [5.74, 6) is 0.881. The lowest BCUT2D eigenvalue weighted by atomic mass is 10.1. The van der Waals surface area contributed by atoms with Crippen LogP contribution in [0.3, 0.4) is 0 Å². The van der Waals surface area contributed by atoms with Crippen LogP contribution >= 0.6 is 0 Å². The molecule has 1 atom stereocenters. The Hall–Kier alpha value is -1.65. The Bertz CT molecular complexity index is 527. The lowest BCUT2D eigenvalue weighted by Gasteiger charge is -2.14. The molecular weight excluding hydrogens is 226 g/mol. The first-order valence-corrected chi connectivity index (χ1v) is 6.09. The molecular formula is C14H19N3O. The molecule has 0 spiro atoms. The van der Waals surface area contributed by atoms with Crippen LogP contribution in [0.1, 0.15) is 12.5 Å². The Kier molecular flexibility index (Phi) is 4.12. The highest BCUT2D eigenvalue weighted by molar-refractivity contribution is 5.93. The molecule has 0 bridgehead atoms. The molecule has 1 aromatic carbocycles. The first-order chi connectivity index (χ1) is 8.76. The minimum Gasteiger partial charge on any atom is -0.380 e. The maximum Gasteiger partial charge on any atom is 0.133 e. The second-order valence-corrected chi connectivity index (χ2v) is 4.31. The summed E-state index contributed by atoms with van der Waals surface area (Å²) in [6.45, 7) is 3.25.